The van der Waals surface area contributed by atoms with Gasteiger partial charge in [-0.3, -0.25) is 9.40 Å². The van der Waals surface area contributed by atoms with Crippen LogP contribution in [0.2, 0.25) is 5.02 Å². The van der Waals surface area contributed by atoms with Crippen LogP contribution in [0.5, 0.6) is 0 Å². The minimum absolute atomic E-state index is 0.104. The quantitative estimate of drug-likeness (QED) is 0.563. The Morgan fingerprint density at radius 2 is 1.90 bits per heavy atom. The van der Waals surface area contributed by atoms with Gasteiger partial charge in [0.25, 0.3) is 0 Å². The average Bonchev–Trinajstić information content (AvgIpc) is 3.08. The smallest absolute Gasteiger partial charge is 0.229 e. The Morgan fingerprint density at radius 3 is 2.48 bits per heavy atom. The van der Waals surface area contributed by atoms with E-state index in [0.717, 1.165) is 17.3 Å². The number of benzene rings is 2. The van der Waals surface area contributed by atoms with Crippen molar-refractivity contribution in [2.45, 2.75) is 38.6 Å². The van der Waals surface area contributed by atoms with E-state index in [1.54, 1.807) is 25.3 Å². The van der Waals surface area contributed by atoms with Crippen molar-refractivity contribution in [1.82, 2.24) is 9.78 Å². The molecule has 0 aliphatic heterocycles. The molecule has 8 heteroatoms. The van der Waals surface area contributed by atoms with Crippen LogP contribution < -0.4 is 4.72 Å². The molecule has 2 aromatic carbocycles. The second-order valence-corrected chi connectivity index (χ2v) is 9.45. The lowest BCUT2D eigenvalue weighted by Gasteiger charge is -2.35. The van der Waals surface area contributed by atoms with Crippen molar-refractivity contribution in [2.24, 2.45) is 0 Å². The lowest BCUT2D eigenvalue weighted by molar-refractivity contribution is -0.117. The maximum absolute atomic E-state index is 11.8. The molecular weight excluding hydrogens is 410 g/mol. The summed E-state index contributed by atoms with van der Waals surface area (Å²) >= 11 is 6.09. The molecule has 0 radical (unpaired) electrons. The van der Waals surface area contributed by atoms with Crippen LogP contribution >= 0.6 is 11.6 Å². The van der Waals surface area contributed by atoms with Gasteiger partial charge in [0.15, 0.2) is 0 Å². The van der Waals surface area contributed by atoms with E-state index >= 15 is 0 Å². The van der Waals surface area contributed by atoms with E-state index in [0.29, 0.717) is 35.4 Å². The first-order chi connectivity index (χ1) is 13.7. The summed E-state index contributed by atoms with van der Waals surface area (Å²) in [6.07, 6.45) is 4.45. The number of fused-ring (bicyclic) bond motifs is 1. The van der Waals surface area contributed by atoms with Gasteiger partial charge in [-0.15, -0.1) is 0 Å². The van der Waals surface area contributed by atoms with Crippen molar-refractivity contribution in [1.29, 1.82) is 0 Å². The van der Waals surface area contributed by atoms with Gasteiger partial charge in [0.1, 0.15) is 5.78 Å². The molecule has 1 N–H and O–H groups in total. The standard InChI is InChI=1S/C21H24ClN3O3S/c1-4-21(13-12-15(2)26,16-8-10-17(22)11-9-16)25-20-7-5-6-19(18(20)14-23-25)24-29(3,27)28/h5-11,14,24H,4,12-13H2,1-3H3. The van der Waals surface area contributed by atoms with Crippen LogP contribution in [-0.4, -0.2) is 30.2 Å². The van der Waals surface area contributed by atoms with E-state index in [1.165, 1.54) is 0 Å². The topological polar surface area (TPSA) is 81.1 Å². The first kappa shape index (κ1) is 21.3. The number of carbonyl (C=O) groups is 1. The molecule has 1 atom stereocenters. The van der Waals surface area contributed by atoms with Crippen LogP contribution in [0.25, 0.3) is 10.9 Å². The zero-order valence-electron chi connectivity index (χ0n) is 16.6. The van der Waals surface area contributed by atoms with Crippen LogP contribution in [-0.2, 0) is 20.4 Å². The van der Waals surface area contributed by atoms with Gasteiger partial charge in [-0.05, 0) is 49.6 Å². The number of anilines is 1. The molecule has 0 spiro atoms. The van der Waals surface area contributed by atoms with Crippen LogP contribution in [0.4, 0.5) is 5.69 Å². The summed E-state index contributed by atoms with van der Waals surface area (Å²) in [5.74, 6) is 0.104. The van der Waals surface area contributed by atoms with Gasteiger partial charge < -0.3 is 4.79 Å². The first-order valence-electron chi connectivity index (χ1n) is 9.37. The fourth-order valence-electron chi connectivity index (χ4n) is 3.73. The Morgan fingerprint density at radius 1 is 1.21 bits per heavy atom. The SMILES string of the molecule is CCC(CCC(C)=O)(c1ccc(Cl)cc1)n1ncc2c(NS(C)(=O)=O)cccc21. The zero-order chi connectivity index (χ0) is 21.2. The third-order valence-corrected chi connectivity index (χ3v) is 6.01. The van der Waals surface area contributed by atoms with Gasteiger partial charge in [-0.2, -0.15) is 5.10 Å². The number of Topliss-reactive ketones (excluding diaryl/α,β-unsaturated/α-hetero) is 1. The molecule has 0 amide bonds. The Labute approximate surface area is 175 Å². The summed E-state index contributed by atoms with van der Waals surface area (Å²) in [6.45, 7) is 3.64. The molecule has 1 aromatic heterocycles. The van der Waals surface area contributed by atoms with Crippen molar-refractivity contribution in [3.8, 4) is 0 Å². The summed E-state index contributed by atoms with van der Waals surface area (Å²) in [7, 11) is -3.43. The molecule has 0 saturated carbocycles. The van der Waals surface area contributed by atoms with Crippen molar-refractivity contribution >= 4 is 44.0 Å². The molecule has 1 heterocycles. The fourth-order valence-corrected chi connectivity index (χ4v) is 4.43. The summed E-state index contributed by atoms with van der Waals surface area (Å²) in [6, 6.07) is 13.0. The third-order valence-electron chi connectivity index (χ3n) is 5.17. The monoisotopic (exact) mass is 433 g/mol. The highest BCUT2D eigenvalue weighted by Gasteiger charge is 2.35. The van der Waals surface area contributed by atoms with Crippen LogP contribution in [0, 0.1) is 0 Å². The van der Waals surface area contributed by atoms with E-state index in [9.17, 15) is 13.2 Å². The van der Waals surface area contributed by atoms with Gasteiger partial charge in [0.05, 0.1) is 29.2 Å². The maximum atomic E-state index is 11.8. The summed E-state index contributed by atoms with van der Waals surface area (Å²) in [5.41, 5.74) is 1.70. The zero-order valence-corrected chi connectivity index (χ0v) is 18.2. The molecule has 29 heavy (non-hydrogen) atoms. The molecular formula is C21H24ClN3O3S. The van der Waals surface area contributed by atoms with E-state index < -0.39 is 15.6 Å². The van der Waals surface area contributed by atoms with Crippen molar-refractivity contribution < 1.29 is 13.2 Å². The van der Waals surface area contributed by atoms with Gasteiger partial charge in [-0.1, -0.05) is 36.7 Å². The molecule has 3 aromatic rings. The van der Waals surface area contributed by atoms with E-state index in [2.05, 4.69) is 16.7 Å². The average molecular weight is 434 g/mol. The van der Waals surface area contributed by atoms with Crippen molar-refractivity contribution in [2.75, 3.05) is 11.0 Å². The van der Waals surface area contributed by atoms with Gasteiger partial charge in [0, 0.05) is 16.8 Å². The number of aromatic nitrogens is 2. The van der Waals surface area contributed by atoms with Crippen LogP contribution in [0.15, 0.2) is 48.7 Å². The Kier molecular flexibility index (Phi) is 6.00. The number of nitrogens with zero attached hydrogens (tertiary/aromatic N) is 2. The molecule has 0 aliphatic rings. The highest BCUT2D eigenvalue weighted by Crippen LogP contribution is 2.38. The molecule has 3 rings (SSSR count). The minimum atomic E-state index is -3.43. The van der Waals surface area contributed by atoms with E-state index in [1.807, 2.05) is 35.0 Å². The maximum Gasteiger partial charge on any atom is 0.229 e. The lowest BCUT2D eigenvalue weighted by Crippen LogP contribution is -2.36. The largest absolute Gasteiger partial charge is 0.300 e. The van der Waals surface area contributed by atoms with E-state index in [4.69, 9.17) is 11.6 Å². The second kappa shape index (κ2) is 8.16. The number of hydrogen-bond acceptors (Lipinski definition) is 4. The molecule has 154 valence electrons. The van der Waals surface area contributed by atoms with Gasteiger partial charge in [0.2, 0.25) is 10.0 Å². The second-order valence-electron chi connectivity index (χ2n) is 7.26. The molecule has 0 saturated heterocycles. The predicted molar refractivity (Wildman–Crippen MR) is 117 cm³/mol. The first-order valence-corrected chi connectivity index (χ1v) is 11.6. The molecule has 0 bridgehead atoms. The summed E-state index contributed by atoms with van der Waals surface area (Å²) < 4.78 is 27.9. The molecule has 6 nitrogen and oxygen atoms in total. The molecule has 1 unspecified atom stereocenters. The van der Waals surface area contributed by atoms with Crippen molar-refractivity contribution in [3.05, 3.63) is 59.2 Å². The van der Waals surface area contributed by atoms with Gasteiger partial charge in [-0.25, -0.2) is 8.42 Å². The summed E-state index contributed by atoms with van der Waals surface area (Å²) in [5, 5.41) is 5.98. The Balaban J connectivity index is 2.22. The van der Waals surface area contributed by atoms with Crippen LogP contribution in [0.1, 0.15) is 38.7 Å². The fraction of sp³-hybridized carbons (Fsp3) is 0.333. The van der Waals surface area contributed by atoms with E-state index in [-0.39, 0.29) is 5.78 Å². The Hall–Kier alpha value is -2.38. The predicted octanol–water partition coefficient (Wildman–Crippen LogP) is 4.58. The number of rotatable bonds is 8. The highest BCUT2D eigenvalue weighted by atomic mass is 35.5. The number of carbonyl (C=O) groups excluding carboxylic acids is 1. The number of sulfonamides is 1. The van der Waals surface area contributed by atoms with Gasteiger partial charge >= 0.3 is 0 Å². The number of ketones is 1. The molecule has 0 fully saturated rings. The highest BCUT2D eigenvalue weighted by molar-refractivity contribution is 7.92. The number of halogens is 1. The van der Waals surface area contributed by atoms with Crippen LogP contribution in [0.3, 0.4) is 0 Å². The minimum Gasteiger partial charge on any atom is -0.300 e. The normalized spacial score (nSPS) is 13.9. The van der Waals surface area contributed by atoms with Crippen molar-refractivity contribution in [3.63, 3.8) is 0 Å². The lowest BCUT2D eigenvalue weighted by atomic mass is 9.82. The Bertz CT molecular complexity index is 1140. The third kappa shape index (κ3) is 4.46. The molecule has 0 aliphatic carbocycles. The number of hydrogen-bond donors (Lipinski definition) is 1. The number of nitrogens with one attached hydrogen (secondary N) is 1. The summed E-state index contributed by atoms with van der Waals surface area (Å²) in [4.78, 5) is 11.8.